The standard InChI is InChI=1S/C19H26N4O/c1-22-17-12-20-9-7-16(17)21-19(22)15-8-10-23(13-15)18(24)11-14-5-3-2-4-6-14/h7,9,12,14-15H,2-6,8,10-11,13H2,1H3/t15-/m1/s1. The molecule has 24 heavy (non-hydrogen) atoms. The lowest BCUT2D eigenvalue weighted by atomic mass is 9.87. The van der Waals surface area contributed by atoms with Crippen molar-refractivity contribution in [1.82, 2.24) is 19.4 Å². The van der Waals surface area contributed by atoms with Crippen LogP contribution in [0.3, 0.4) is 0 Å². The van der Waals surface area contributed by atoms with Gasteiger partial charge in [0, 0.05) is 38.7 Å². The van der Waals surface area contributed by atoms with Crippen LogP contribution in [0.5, 0.6) is 0 Å². The van der Waals surface area contributed by atoms with E-state index in [2.05, 4.69) is 21.5 Å². The second-order valence-corrected chi connectivity index (χ2v) is 7.43. The van der Waals surface area contributed by atoms with Gasteiger partial charge >= 0.3 is 0 Å². The second-order valence-electron chi connectivity index (χ2n) is 7.43. The highest BCUT2D eigenvalue weighted by Crippen LogP contribution is 2.31. The van der Waals surface area contributed by atoms with Gasteiger partial charge in [-0.05, 0) is 31.2 Å². The fraction of sp³-hybridized carbons (Fsp3) is 0.632. The molecule has 2 aromatic heterocycles. The SMILES string of the molecule is Cn1c([C@@H]2CCN(C(=O)CC3CCCCC3)C2)nc2ccncc21. The van der Waals surface area contributed by atoms with Crippen LogP contribution in [0.25, 0.3) is 11.0 Å². The molecule has 5 nitrogen and oxygen atoms in total. The van der Waals surface area contributed by atoms with Crippen molar-refractivity contribution < 1.29 is 4.79 Å². The largest absolute Gasteiger partial charge is 0.342 e. The second kappa shape index (κ2) is 6.54. The molecule has 128 valence electrons. The van der Waals surface area contributed by atoms with Crippen molar-refractivity contribution in [2.75, 3.05) is 13.1 Å². The number of hydrogen-bond acceptors (Lipinski definition) is 3. The van der Waals surface area contributed by atoms with Crippen LogP contribution in [-0.4, -0.2) is 38.4 Å². The minimum atomic E-state index is 0.345. The number of fused-ring (bicyclic) bond motifs is 1. The number of amides is 1. The van der Waals surface area contributed by atoms with Gasteiger partial charge in [-0.3, -0.25) is 9.78 Å². The highest BCUT2D eigenvalue weighted by Gasteiger charge is 2.31. The number of nitrogens with zero attached hydrogens (tertiary/aromatic N) is 4. The molecule has 1 saturated carbocycles. The van der Waals surface area contributed by atoms with Crippen molar-refractivity contribution in [2.45, 2.75) is 50.9 Å². The Morgan fingerprint density at radius 2 is 2.08 bits per heavy atom. The number of hydrogen-bond donors (Lipinski definition) is 0. The maximum absolute atomic E-state index is 12.6. The van der Waals surface area contributed by atoms with Gasteiger partial charge in [-0.15, -0.1) is 0 Å². The highest BCUT2D eigenvalue weighted by molar-refractivity contribution is 5.77. The molecule has 2 fully saturated rings. The molecule has 0 unspecified atom stereocenters. The van der Waals surface area contributed by atoms with Gasteiger partial charge in [-0.1, -0.05) is 19.3 Å². The minimum absolute atomic E-state index is 0.345. The molecule has 1 aliphatic carbocycles. The normalized spacial score (nSPS) is 22.4. The Hall–Kier alpha value is -1.91. The summed E-state index contributed by atoms with van der Waals surface area (Å²) in [6, 6.07) is 1.96. The van der Waals surface area contributed by atoms with Crippen LogP contribution >= 0.6 is 0 Å². The molecule has 1 saturated heterocycles. The third-order valence-electron chi connectivity index (χ3n) is 5.81. The summed E-state index contributed by atoms with van der Waals surface area (Å²) in [7, 11) is 2.05. The van der Waals surface area contributed by atoms with Crippen LogP contribution in [0.4, 0.5) is 0 Å². The predicted molar refractivity (Wildman–Crippen MR) is 93.6 cm³/mol. The summed E-state index contributed by atoms with van der Waals surface area (Å²) in [5, 5.41) is 0. The monoisotopic (exact) mass is 326 g/mol. The number of carbonyl (C=O) groups is 1. The average Bonchev–Trinajstić information content (AvgIpc) is 3.21. The van der Waals surface area contributed by atoms with Crippen LogP contribution in [0, 0.1) is 5.92 Å². The molecule has 1 aliphatic heterocycles. The molecule has 4 rings (SSSR count). The lowest BCUT2D eigenvalue weighted by Crippen LogP contribution is -2.30. The van der Waals surface area contributed by atoms with Crippen LogP contribution in [0.2, 0.25) is 0 Å². The Morgan fingerprint density at radius 3 is 2.88 bits per heavy atom. The Labute approximate surface area is 143 Å². The van der Waals surface area contributed by atoms with E-state index in [1.54, 1.807) is 6.20 Å². The zero-order chi connectivity index (χ0) is 16.5. The third-order valence-corrected chi connectivity index (χ3v) is 5.81. The first kappa shape index (κ1) is 15.6. The van der Waals surface area contributed by atoms with Crippen LogP contribution in [0.15, 0.2) is 18.5 Å². The molecule has 0 radical (unpaired) electrons. The Kier molecular flexibility index (Phi) is 4.25. The summed E-state index contributed by atoms with van der Waals surface area (Å²) in [4.78, 5) is 23.7. The Morgan fingerprint density at radius 1 is 1.25 bits per heavy atom. The molecular weight excluding hydrogens is 300 g/mol. The number of imidazole rings is 1. The van der Waals surface area contributed by atoms with Gasteiger partial charge in [0.1, 0.15) is 5.82 Å². The van der Waals surface area contributed by atoms with Gasteiger partial charge in [0.2, 0.25) is 5.91 Å². The fourth-order valence-electron chi connectivity index (χ4n) is 4.38. The maximum Gasteiger partial charge on any atom is 0.222 e. The van der Waals surface area contributed by atoms with Crippen LogP contribution in [0.1, 0.15) is 56.7 Å². The van der Waals surface area contributed by atoms with Crippen LogP contribution < -0.4 is 0 Å². The molecule has 3 heterocycles. The lowest BCUT2D eigenvalue weighted by Gasteiger charge is -2.24. The van der Waals surface area contributed by atoms with Crippen LogP contribution in [-0.2, 0) is 11.8 Å². The fourth-order valence-corrected chi connectivity index (χ4v) is 4.38. The Bertz CT molecular complexity index is 732. The summed E-state index contributed by atoms with van der Waals surface area (Å²) < 4.78 is 2.14. The summed E-state index contributed by atoms with van der Waals surface area (Å²) in [6.45, 7) is 1.69. The first-order chi connectivity index (χ1) is 11.7. The molecular formula is C19H26N4O. The molecule has 2 aliphatic rings. The van der Waals surface area contributed by atoms with Gasteiger partial charge in [0.05, 0.1) is 17.2 Å². The van der Waals surface area contributed by atoms with E-state index in [9.17, 15) is 4.79 Å². The van der Waals surface area contributed by atoms with Gasteiger partial charge in [0.15, 0.2) is 0 Å². The maximum atomic E-state index is 12.6. The average molecular weight is 326 g/mol. The molecule has 0 bridgehead atoms. The third kappa shape index (κ3) is 2.92. The summed E-state index contributed by atoms with van der Waals surface area (Å²) in [6.07, 6.45) is 11.8. The summed E-state index contributed by atoms with van der Waals surface area (Å²) in [5.41, 5.74) is 2.06. The number of likely N-dealkylation sites (tertiary alicyclic amines) is 1. The van der Waals surface area contributed by atoms with Crippen molar-refractivity contribution >= 4 is 16.9 Å². The predicted octanol–water partition coefficient (Wildman–Crippen LogP) is 3.25. The van der Waals surface area contributed by atoms with Gasteiger partial charge in [-0.25, -0.2) is 4.98 Å². The van der Waals surface area contributed by atoms with Crippen molar-refractivity contribution in [1.29, 1.82) is 0 Å². The molecule has 0 aromatic carbocycles. The molecule has 1 atom stereocenters. The van der Waals surface area contributed by atoms with E-state index in [1.165, 1.54) is 32.1 Å². The summed E-state index contributed by atoms with van der Waals surface area (Å²) >= 11 is 0. The van der Waals surface area contributed by atoms with E-state index < -0.39 is 0 Å². The van der Waals surface area contributed by atoms with Gasteiger partial charge < -0.3 is 9.47 Å². The van der Waals surface area contributed by atoms with Crippen molar-refractivity contribution in [3.05, 3.63) is 24.3 Å². The van der Waals surface area contributed by atoms with Gasteiger partial charge in [-0.2, -0.15) is 0 Å². The molecule has 2 aromatic rings. The van der Waals surface area contributed by atoms with Crippen molar-refractivity contribution in [2.24, 2.45) is 13.0 Å². The topological polar surface area (TPSA) is 51.0 Å². The quantitative estimate of drug-likeness (QED) is 0.870. The first-order valence-electron chi connectivity index (χ1n) is 9.26. The Balaban J connectivity index is 1.43. The zero-order valence-corrected chi connectivity index (χ0v) is 14.4. The minimum Gasteiger partial charge on any atom is -0.342 e. The number of aryl methyl sites for hydroxylation is 1. The van der Waals surface area contributed by atoms with E-state index in [4.69, 9.17) is 4.98 Å². The smallest absolute Gasteiger partial charge is 0.222 e. The number of rotatable bonds is 3. The van der Waals surface area contributed by atoms with Gasteiger partial charge in [0.25, 0.3) is 0 Å². The lowest BCUT2D eigenvalue weighted by molar-refractivity contribution is -0.131. The number of aromatic nitrogens is 3. The highest BCUT2D eigenvalue weighted by atomic mass is 16.2. The number of pyridine rings is 1. The van der Waals surface area contributed by atoms with E-state index in [-0.39, 0.29) is 0 Å². The molecule has 1 amide bonds. The van der Waals surface area contributed by atoms with Crippen molar-refractivity contribution in [3.8, 4) is 0 Å². The molecule has 0 spiro atoms. The zero-order valence-electron chi connectivity index (χ0n) is 14.4. The molecule has 0 N–H and O–H groups in total. The number of carbonyl (C=O) groups excluding carboxylic acids is 1. The molecule has 5 heteroatoms. The van der Waals surface area contributed by atoms with E-state index >= 15 is 0 Å². The van der Waals surface area contributed by atoms with E-state index in [0.29, 0.717) is 17.7 Å². The van der Waals surface area contributed by atoms with E-state index in [1.807, 2.05) is 12.3 Å². The summed E-state index contributed by atoms with van der Waals surface area (Å²) in [5.74, 6) is 2.40. The van der Waals surface area contributed by atoms with E-state index in [0.717, 1.165) is 42.8 Å². The van der Waals surface area contributed by atoms with Crippen molar-refractivity contribution in [3.63, 3.8) is 0 Å². The first-order valence-corrected chi connectivity index (χ1v) is 9.26.